The molecular formula is C45H50Cl2N2O3. The summed E-state index contributed by atoms with van der Waals surface area (Å²) in [6, 6.07) is 35.1. The van der Waals surface area contributed by atoms with Gasteiger partial charge in [-0.3, -0.25) is 24.2 Å². The first-order valence-corrected chi connectivity index (χ1v) is 19.6. The Morgan fingerprint density at radius 3 is 1.25 bits per heavy atom. The van der Waals surface area contributed by atoms with Crippen molar-refractivity contribution in [3.63, 3.8) is 0 Å². The van der Waals surface area contributed by atoms with Gasteiger partial charge < -0.3 is 0 Å². The van der Waals surface area contributed by atoms with Gasteiger partial charge in [-0.25, -0.2) is 0 Å². The number of benzene rings is 4. The molecule has 5 nitrogen and oxygen atoms in total. The lowest BCUT2D eigenvalue weighted by Crippen LogP contribution is -2.47. The van der Waals surface area contributed by atoms with E-state index in [9.17, 15) is 9.59 Å². The van der Waals surface area contributed by atoms with E-state index >= 15 is 4.79 Å². The third-order valence-electron chi connectivity index (χ3n) is 11.7. The SMILES string of the molecule is CN1C(CC(=O)c2ccccc2)CCCC1CC(C(=O)C(CC1CCCC(CC(=O)c2ccccc2)N1C)c1ccc(Cl)cc1)c1ccc(Cl)cc1. The Morgan fingerprint density at radius 2 is 0.885 bits per heavy atom. The summed E-state index contributed by atoms with van der Waals surface area (Å²) in [7, 11) is 4.25. The van der Waals surface area contributed by atoms with E-state index in [1.807, 2.05) is 109 Å². The molecule has 0 bridgehead atoms. The van der Waals surface area contributed by atoms with E-state index < -0.39 is 0 Å². The highest BCUT2D eigenvalue weighted by Crippen LogP contribution is 2.39. The minimum Gasteiger partial charge on any atom is -0.300 e. The predicted octanol–water partition coefficient (Wildman–Crippen LogP) is 10.5. The number of ketones is 3. The first kappa shape index (κ1) is 38.1. The third kappa shape index (κ3) is 9.48. The van der Waals surface area contributed by atoms with Crippen molar-refractivity contribution in [2.45, 2.75) is 100 Å². The van der Waals surface area contributed by atoms with Crippen LogP contribution in [0.5, 0.6) is 0 Å². The fourth-order valence-corrected chi connectivity index (χ4v) is 8.82. The number of hydrogen-bond acceptors (Lipinski definition) is 5. The summed E-state index contributed by atoms with van der Waals surface area (Å²) < 4.78 is 0. The Labute approximate surface area is 319 Å². The number of nitrogens with zero attached hydrogens (tertiary/aromatic N) is 2. The van der Waals surface area contributed by atoms with Crippen LogP contribution in [0.4, 0.5) is 0 Å². The van der Waals surface area contributed by atoms with Gasteiger partial charge >= 0.3 is 0 Å². The standard InChI is InChI=1S/C45H50Cl2N2O3/c1-48-37(15-9-17-39(48)29-43(50)33-11-5-3-6-12-33)27-41(31-19-23-35(46)24-20-31)45(52)42(32-21-25-36(47)26-22-32)28-38-16-10-18-40(49(38)2)30-44(51)34-13-7-4-8-14-34/h3-8,11-14,19-26,37-42H,9-10,15-18,27-30H2,1-2H3. The van der Waals surface area contributed by atoms with Crippen molar-refractivity contribution in [3.05, 3.63) is 141 Å². The van der Waals surface area contributed by atoms with E-state index in [-0.39, 0.29) is 53.4 Å². The Bertz CT molecular complexity index is 1650. The predicted molar refractivity (Wildman–Crippen MR) is 212 cm³/mol. The van der Waals surface area contributed by atoms with Gasteiger partial charge in [-0.05, 0) is 88.0 Å². The molecule has 0 aliphatic carbocycles. The van der Waals surface area contributed by atoms with Crippen molar-refractivity contribution < 1.29 is 14.4 Å². The van der Waals surface area contributed by atoms with Crippen LogP contribution in [-0.2, 0) is 4.79 Å². The molecule has 7 heteroatoms. The molecule has 2 fully saturated rings. The normalized spacial score (nSPS) is 22.4. The molecule has 0 aromatic heterocycles. The van der Waals surface area contributed by atoms with Crippen molar-refractivity contribution in [2.24, 2.45) is 0 Å². The number of carbonyl (C=O) groups is 3. The second-order valence-corrected chi connectivity index (χ2v) is 15.7. The number of halogens is 2. The lowest BCUT2D eigenvalue weighted by atomic mass is 9.75. The van der Waals surface area contributed by atoms with Gasteiger partial charge in [0.15, 0.2) is 11.6 Å². The quantitative estimate of drug-likeness (QED) is 0.121. The highest BCUT2D eigenvalue weighted by atomic mass is 35.5. The Kier molecular flexibility index (Phi) is 13.2. The molecule has 2 heterocycles. The molecule has 6 unspecified atom stereocenters. The van der Waals surface area contributed by atoms with Gasteiger partial charge in [0.05, 0.1) is 0 Å². The summed E-state index contributed by atoms with van der Waals surface area (Å²) in [6.07, 6.45) is 8.13. The van der Waals surface area contributed by atoms with Gasteiger partial charge in [0.2, 0.25) is 0 Å². The van der Waals surface area contributed by atoms with Gasteiger partial charge in [-0.1, -0.05) is 121 Å². The monoisotopic (exact) mass is 736 g/mol. The van der Waals surface area contributed by atoms with Crippen molar-refractivity contribution in [3.8, 4) is 0 Å². The van der Waals surface area contributed by atoms with Crippen LogP contribution in [0, 0.1) is 0 Å². The molecule has 2 aliphatic heterocycles. The molecule has 52 heavy (non-hydrogen) atoms. The van der Waals surface area contributed by atoms with Crippen molar-refractivity contribution in [1.29, 1.82) is 0 Å². The van der Waals surface area contributed by atoms with Gasteiger partial charge in [-0.2, -0.15) is 0 Å². The largest absolute Gasteiger partial charge is 0.300 e. The minimum absolute atomic E-state index is 0.117. The zero-order valence-electron chi connectivity index (χ0n) is 30.3. The number of carbonyl (C=O) groups excluding carboxylic acids is 3. The lowest BCUT2D eigenvalue weighted by molar-refractivity contribution is -0.123. The van der Waals surface area contributed by atoms with Crippen molar-refractivity contribution in [1.82, 2.24) is 9.80 Å². The molecule has 0 N–H and O–H groups in total. The molecule has 0 saturated carbocycles. The molecule has 0 spiro atoms. The zero-order chi connectivity index (χ0) is 36.6. The second kappa shape index (κ2) is 17.9. The van der Waals surface area contributed by atoms with Gasteiger partial charge in [0, 0.05) is 70.0 Å². The van der Waals surface area contributed by atoms with E-state index in [0.29, 0.717) is 35.7 Å². The molecule has 2 aliphatic rings. The number of likely N-dealkylation sites (tertiary alicyclic amines) is 2. The third-order valence-corrected chi connectivity index (χ3v) is 12.2. The molecule has 6 rings (SSSR count). The maximum Gasteiger partial charge on any atom is 0.164 e. The Hall–Kier alpha value is -3.61. The highest BCUT2D eigenvalue weighted by Gasteiger charge is 2.38. The van der Waals surface area contributed by atoms with Gasteiger partial charge in [-0.15, -0.1) is 0 Å². The highest BCUT2D eigenvalue weighted by molar-refractivity contribution is 6.30. The molecular weight excluding hydrogens is 687 g/mol. The molecule has 6 atom stereocenters. The summed E-state index contributed by atoms with van der Waals surface area (Å²) in [5.41, 5.74) is 3.43. The first-order valence-electron chi connectivity index (χ1n) is 18.8. The summed E-state index contributed by atoms with van der Waals surface area (Å²) in [4.78, 5) is 46.5. The van der Waals surface area contributed by atoms with E-state index in [1.165, 1.54) is 0 Å². The lowest BCUT2D eigenvalue weighted by Gasteiger charge is -2.42. The maximum atomic E-state index is 15.3. The molecule has 272 valence electrons. The zero-order valence-corrected chi connectivity index (χ0v) is 31.8. The average molecular weight is 738 g/mol. The fraction of sp³-hybridized carbons (Fsp3) is 0.400. The van der Waals surface area contributed by atoms with Gasteiger partial charge in [0.1, 0.15) is 5.78 Å². The van der Waals surface area contributed by atoms with E-state index in [0.717, 1.165) is 60.8 Å². The molecule has 2 saturated heterocycles. The number of hydrogen-bond donors (Lipinski definition) is 0. The van der Waals surface area contributed by atoms with Crippen LogP contribution in [0.2, 0.25) is 10.0 Å². The summed E-state index contributed by atoms with van der Waals surface area (Å²) in [5, 5.41) is 1.27. The fourth-order valence-electron chi connectivity index (χ4n) is 8.57. The summed E-state index contributed by atoms with van der Waals surface area (Å²) >= 11 is 12.7. The van der Waals surface area contributed by atoms with Crippen LogP contribution in [0.15, 0.2) is 109 Å². The number of piperidine rings is 2. The van der Waals surface area contributed by atoms with Gasteiger partial charge in [0.25, 0.3) is 0 Å². The molecule has 0 amide bonds. The Balaban J connectivity index is 1.25. The Morgan fingerprint density at radius 1 is 0.538 bits per heavy atom. The van der Waals surface area contributed by atoms with Crippen LogP contribution >= 0.6 is 23.2 Å². The molecule has 0 radical (unpaired) electrons. The van der Waals surface area contributed by atoms with Crippen LogP contribution in [-0.4, -0.2) is 65.4 Å². The van der Waals surface area contributed by atoms with E-state index in [1.54, 1.807) is 0 Å². The summed E-state index contributed by atoms with van der Waals surface area (Å²) in [5.74, 6) is -0.216. The smallest absolute Gasteiger partial charge is 0.164 e. The maximum absolute atomic E-state index is 15.3. The molecule has 4 aromatic carbocycles. The number of rotatable bonds is 14. The average Bonchev–Trinajstić information content (AvgIpc) is 3.17. The second-order valence-electron chi connectivity index (χ2n) is 14.9. The topological polar surface area (TPSA) is 57.7 Å². The van der Waals surface area contributed by atoms with Crippen molar-refractivity contribution >= 4 is 40.6 Å². The van der Waals surface area contributed by atoms with Crippen LogP contribution < -0.4 is 0 Å². The van der Waals surface area contributed by atoms with E-state index in [2.05, 4.69) is 23.9 Å². The van der Waals surface area contributed by atoms with Crippen LogP contribution in [0.25, 0.3) is 0 Å². The van der Waals surface area contributed by atoms with Crippen LogP contribution in [0.1, 0.15) is 108 Å². The first-order chi connectivity index (χ1) is 25.2. The minimum atomic E-state index is -0.363. The number of Topliss-reactive ketones (excluding diaryl/α,β-unsaturated/α-hetero) is 3. The van der Waals surface area contributed by atoms with Crippen LogP contribution in [0.3, 0.4) is 0 Å². The summed E-state index contributed by atoms with van der Waals surface area (Å²) in [6.45, 7) is 0. The molecule has 4 aromatic rings. The van der Waals surface area contributed by atoms with Crippen molar-refractivity contribution in [2.75, 3.05) is 14.1 Å². The van der Waals surface area contributed by atoms with E-state index in [4.69, 9.17) is 23.2 Å².